The molecular formula is C22H31ClF3N3O2. The Morgan fingerprint density at radius 2 is 1.74 bits per heavy atom. The molecule has 2 atom stereocenters. The number of piperazine rings is 1. The minimum atomic E-state index is -4.53. The highest BCUT2D eigenvalue weighted by molar-refractivity contribution is 6.31. The van der Waals surface area contributed by atoms with Gasteiger partial charge in [0.05, 0.1) is 10.6 Å². The van der Waals surface area contributed by atoms with Crippen LogP contribution < -0.4 is 10.6 Å². The molecule has 1 aliphatic heterocycles. The van der Waals surface area contributed by atoms with Crippen LogP contribution in [-0.2, 0) is 15.8 Å². The van der Waals surface area contributed by atoms with Gasteiger partial charge in [0.2, 0.25) is 11.8 Å². The average molecular weight is 462 g/mol. The van der Waals surface area contributed by atoms with Gasteiger partial charge in [0.25, 0.3) is 0 Å². The molecule has 0 radical (unpaired) electrons. The number of carbonyl (C=O) groups is 2. The van der Waals surface area contributed by atoms with E-state index in [-0.39, 0.29) is 16.8 Å². The van der Waals surface area contributed by atoms with Crippen LogP contribution in [0.5, 0.6) is 0 Å². The summed E-state index contributed by atoms with van der Waals surface area (Å²) in [4.78, 5) is 28.8. The predicted molar refractivity (Wildman–Crippen MR) is 116 cm³/mol. The third kappa shape index (κ3) is 6.51. The lowest BCUT2D eigenvalue weighted by Crippen LogP contribution is -2.52. The van der Waals surface area contributed by atoms with Crippen molar-refractivity contribution in [2.24, 2.45) is 23.5 Å². The standard InChI is InChI=1S/C22H31ClF3N3O2/c1-4-5-16(20(27)30)17(12-14(2)3)21(31)29-10-8-28(9-11-29)15-6-7-19(23)18(13-15)22(24,25)26/h6-7,13-14,16-17H,4-5,8-12H2,1-3H3,(H2,27,30). The van der Waals surface area contributed by atoms with E-state index in [9.17, 15) is 22.8 Å². The summed E-state index contributed by atoms with van der Waals surface area (Å²) in [6.07, 6.45) is -2.65. The molecule has 1 aromatic carbocycles. The van der Waals surface area contributed by atoms with Gasteiger partial charge in [0.15, 0.2) is 0 Å². The highest BCUT2D eigenvalue weighted by Crippen LogP contribution is 2.37. The summed E-state index contributed by atoms with van der Waals surface area (Å²) < 4.78 is 39.5. The van der Waals surface area contributed by atoms with Crippen molar-refractivity contribution in [1.82, 2.24) is 4.90 Å². The summed E-state index contributed by atoms with van der Waals surface area (Å²) in [5, 5.41) is -0.338. The van der Waals surface area contributed by atoms with Crippen molar-refractivity contribution in [2.75, 3.05) is 31.1 Å². The number of primary amides is 1. The Kier molecular flexibility index (Phi) is 8.63. The molecule has 1 heterocycles. The summed E-state index contributed by atoms with van der Waals surface area (Å²) in [7, 11) is 0. The van der Waals surface area contributed by atoms with Crippen LogP contribution in [0.1, 0.15) is 45.6 Å². The Balaban J connectivity index is 2.13. The van der Waals surface area contributed by atoms with E-state index in [1.165, 1.54) is 6.07 Å². The van der Waals surface area contributed by atoms with E-state index >= 15 is 0 Å². The third-order valence-corrected chi connectivity index (χ3v) is 6.03. The molecule has 1 fully saturated rings. The summed E-state index contributed by atoms with van der Waals surface area (Å²) in [6.45, 7) is 7.49. The lowest BCUT2D eigenvalue weighted by atomic mass is 9.81. The molecule has 2 amide bonds. The van der Waals surface area contributed by atoms with Crippen molar-refractivity contribution < 1.29 is 22.8 Å². The fraction of sp³-hybridized carbons (Fsp3) is 0.636. The van der Waals surface area contributed by atoms with E-state index in [0.29, 0.717) is 44.7 Å². The predicted octanol–water partition coefficient (Wildman–Crippen LogP) is 4.57. The summed E-state index contributed by atoms with van der Waals surface area (Å²) in [5.41, 5.74) is 5.16. The van der Waals surface area contributed by atoms with Gasteiger partial charge < -0.3 is 15.5 Å². The summed E-state index contributed by atoms with van der Waals surface area (Å²) >= 11 is 5.71. The highest BCUT2D eigenvalue weighted by atomic mass is 35.5. The molecule has 1 saturated heterocycles. The van der Waals surface area contributed by atoms with Crippen LogP contribution in [0.25, 0.3) is 0 Å². The molecule has 174 valence electrons. The molecule has 2 N–H and O–H groups in total. The number of alkyl halides is 3. The van der Waals surface area contributed by atoms with Crippen molar-refractivity contribution >= 4 is 29.1 Å². The third-order valence-electron chi connectivity index (χ3n) is 5.71. The number of halogens is 4. The van der Waals surface area contributed by atoms with E-state index in [4.69, 9.17) is 17.3 Å². The SMILES string of the molecule is CCCC(C(N)=O)C(CC(C)C)C(=O)N1CCN(c2ccc(Cl)c(C(F)(F)F)c2)CC1. The van der Waals surface area contributed by atoms with Gasteiger partial charge in [0.1, 0.15) is 0 Å². The van der Waals surface area contributed by atoms with Crippen molar-refractivity contribution in [3.63, 3.8) is 0 Å². The van der Waals surface area contributed by atoms with Gasteiger partial charge >= 0.3 is 6.18 Å². The first-order chi connectivity index (χ1) is 14.5. The van der Waals surface area contributed by atoms with Crippen LogP contribution in [0.15, 0.2) is 18.2 Å². The van der Waals surface area contributed by atoms with E-state index in [1.807, 2.05) is 25.7 Å². The molecule has 0 aromatic heterocycles. The highest BCUT2D eigenvalue weighted by Gasteiger charge is 2.37. The zero-order valence-corrected chi connectivity index (χ0v) is 19.0. The Hall–Kier alpha value is -1.96. The number of carbonyl (C=O) groups excluding carboxylic acids is 2. The minimum absolute atomic E-state index is 0.0994. The molecule has 0 spiro atoms. The fourth-order valence-electron chi connectivity index (χ4n) is 4.14. The Labute approximate surface area is 186 Å². The van der Waals surface area contributed by atoms with Crippen molar-refractivity contribution in [1.29, 1.82) is 0 Å². The van der Waals surface area contributed by atoms with Gasteiger partial charge in [-0.1, -0.05) is 38.8 Å². The Morgan fingerprint density at radius 1 is 1.13 bits per heavy atom. The van der Waals surface area contributed by atoms with Gasteiger partial charge in [-0.15, -0.1) is 0 Å². The minimum Gasteiger partial charge on any atom is -0.369 e. The fourth-order valence-corrected chi connectivity index (χ4v) is 4.37. The van der Waals surface area contributed by atoms with Crippen LogP contribution in [0.2, 0.25) is 5.02 Å². The molecule has 1 aliphatic rings. The van der Waals surface area contributed by atoms with E-state index in [2.05, 4.69) is 0 Å². The first-order valence-corrected chi connectivity index (χ1v) is 11.0. The van der Waals surface area contributed by atoms with E-state index in [0.717, 1.165) is 12.5 Å². The monoisotopic (exact) mass is 461 g/mol. The molecule has 1 aromatic rings. The van der Waals surface area contributed by atoms with Crippen LogP contribution in [-0.4, -0.2) is 42.9 Å². The molecule has 0 aliphatic carbocycles. The largest absolute Gasteiger partial charge is 0.417 e. The van der Waals surface area contributed by atoms with Gasteiger partial charge in [-0.05, 0) is 37.0 Å². The second kappa shape index (κ2) is 10.6. The van der Waals surface area contributed by atoms with Gasteiger partial charge in [-0.2, -0.15) is 13.2 Å². The normalized spacial score (nSPS) is 17.0. The maximum atomic E-state index is 13.3. The van der Waals surface area contributed by atoms with Crippen molar-refractivity contribution in [3.05, 3.63) is 28.8 Å². The van der Waals surface area contributed by atoms with Crippen molar-refractivity contribution in [3.8, 4) is 0 Å². The van der Waals surface area contributed by atoms with Gasteiger partial charge in [-0.3, -0.25) is 9.59 Å². The number of nitrogens with two attached hydrogens (primary N) is 1. The van der Waals surface area contributed by atoms with Crippen LogP contribution in [0.3, 0.4) is 0 Å². The molecule has 0 bridgehead atoms. The first kappa shape index (κ1) is 25.3. The quantitative estimate of drug-likeness (QED) is 0.616. The second-order valence-electron chi connectivity index (χ2n) is 8.51. The second-order valence-corrected chi connectivity index (χ2v) is 8.92. The maximum absolute atomic E-state index is 13.3. The molecule has 0 saturated carbocycles. The molecular weight excluding hydrogens is 431 g/mol. The zero-order valence-electron chi connectivity index (χ0n) is 18.2. The van der Waals surface area contributed by atoms with Crippen molar-refractivity contribution in [2.45, 2.75) is 46.2 Å². The Bertz CT molecular complexity index is 778. The van der Waals surface area contributed by atoms with Crippen LogP contribution in [0.4, 0.5) is 18.9 Å². The number of nitrogens with zero attached hydrogens (tertiary/aromatic N) is 2. The zero-order chi connectivity index (χ0) is 23.3. The number of benzene rings is 1. The molecule has 2 unspecified atom stereocenters. The summed E-state index contributed by atoms with van der Waals surface area (Å²) in [5.74, 6) is -1.32. The molecule has 31 heavy (non-hydrogen) atoms. The number of hydrogen-bond acceptors (Lipinski definition) is 3. The number of amides is 2. The molecule has 2 rings (SSSR count). The van der Waals surface area contributed by atoms with Crippen LogP contribution in [0, 0.1) is 17.8 Å². The topological polar surface area (TPSA) is 66.6 Å². The van der Waals surface area contributed by atoms with Crippen LogP contribution >= 0.6 is 11.6 Å². The lowest BCUT2D eigenvalue weighted by molar-refractivity contribution is -0.142. The van der Waals surface area contributed by atoms with E-state index in [1.54, 1.807) is 11.0 Å². The summed E-state index contributed by atoms with van der Waals surface area (Å²) in [6, 6.07) is 3.85. The van der Waals surface area contributed by atoms with Gasteiger partial charge in [0, 0.05) is 43.7 Å². The smallest absolute Gasteiger partial charge is 0.369 e. The Morgan fingerprint density at radius 3 is 2.23 bits per heavy atom. The van der Waals surface area contributed by atoms with E-state index < -0.39 is 29.5 Å². The number of hydrogen-bond donors (Lipinski definition) is 1. The lowest BCUT2D eigenvalue weighted by Gasteiger charge is -2.39. The average Bonchev–Trinajstić information content (AvgIpc) is 2.69. The molecule has 5 nitrogen and oxygen atoms in total. The maximum Gasteiger partial charge on any atom is 0.417 e. The first-order valence-electron chi connectivity index (χ1n) is 10.7. The number of anilines is 1. The number of rotatable bonds is 8. The van der Waals surface area contributed by atoms with Gasteiger partial charge in [-0.25, -0.2) is 0 Å². The molecule has 9 heteroatoms.